The summed E-state index contributed by atoms with van der Waals surface area (Å²) in [4.78, 5) is 34.4. The van der Waals surface area contributed by atoms with Gasteiger partial charge in [-0.1, -0.05) is 11.6 Å². The highest BCUT2D eigenvalue weighted by Gasteiger charge is 2.31. The number of hydrogen-bond acceptors (Lipinski definition) is 4. The van der Waals surface area contributed by atoms with Crippen LogP contribution < -0.4 is 0 Å². The maximum atomic E-state index is 11.7. The third-order valence-electron chi connectivity index (χ3n) is 2.49. The van der Waals surface area contributed by atoms with Gasteiger partial charge in [0.05, 0.1) is 0 Å². The molecule has 0 aliphatic carbocycles. The van der Waals surface area contributed by atoms with Gasteiger partial charge in [0, 0.05) is 10.6 Å². The molecule has 1 aliphatic heterocycles. The molecule has 1 aliphatic rings. The van der Waals surface area contributed by atoms with Crippen molar-refractivity contribution in [2.75, 3.05) is 0 Å². The Hall–Kier alpha value is -1.94. The Labute approximate surface area is 108 Å². The lowest BCUT2D eigenvalue weighted by molar-refractivity contribution is -0.140. The largest absolute Gasteiger partial charge is 0.425 e. The molecule has 0 atom stereocenters. The minimum atomic E-state index is -0.657. The molecule has 4 nitrogen and oxygen atoms in total. The van der Waals surface area contributed by atoms with Gasteiger partial charge in [0.1, 0.15) is 12.0 Å². The topological polar surface area (TPSA) is 60.4 Å². The number of esters is 1. The van der Waals surface area contributed by atoms with Gasteiger partial charge in [0.15, 0.2) is 17.3 Å². The molecule has 1 aromatic carbocycles. The third-order valence-corrected chi connectivity index (χ3v) is 2.74. The van der Waals surface area contributed by atoms with E-state index in [-0.39, 0.29) is 11.3 Å². The molecule has 1 heterocycles. The minimum absolute atomic E-state index is 0.0143. The fourth-order valence-electron chi connectivity index (χ4n) is 1.71. The van der Waals surface area contributed by atoms with E-state index < -0.39 is 24.0 Å². The molecule has 0 aromatic heterocycles. The third kappa shape index (κ3) is 2.33. The molecule has 0 unspecified atom stereocenters. The maximum absolute atomic E-state index is 11.7. The first-order valence-corrected chi connectivity index (χ1v) is 5.62. The first-order chi connectivity index (χ1) is 8.49. The first kappa shape index (κ1) is 12.5. The molecule has 18 heavy (non-hydrogen) atoms. The molecule has 0 fully saturated rings. The standard InChI is InChI=1S/C13H9ClO4/c1-7(15)12-10(16)6-11(17)18-13(12)8-2-4-9(14)5-3-8/h2-5H,6H2,1H3. The van der Waals surface area contributed by atoms with Gasteiger partial charge in [-0.25, -0.2) is 0 Å². The van der Waals surface area contributed by atoms with Crippen molar-refractivity contribution in [3.8, 4) is 0 Å². The van der Waals surface area contributed by atoms with E-state index in [1.807, 2.05) is 0 Å². The average Bonchev–Trinajstić information content (AvgIpc) is 2.28. The number of Topliss-reactive ketones (excluding diaryl/α,β-unsaturated/α-hetero) is 2. The van der Waals surface area contributed by atoms with Crippen LogP contribution in [0.2, 0.25) is 5.02 Å². The fourth-order valence-corrected chi connectivity index (χ4v) is 1.83. The Morgan fingerprint density at radius 3 is 2.39 bits per heavy atom. The fraction of sp³-hybridized carbons (Fsp3) is 0.154. The Balaban J connectivity index is 2.58. The molecule has 0 N–H and O–H groups in total. The summed E-state index contributed by atoms with van der Waals surface area (Å²) in [6.07, 6.45) is -0.397. The van der Waals surface area contributed by atoms with E-state index >= 15 is 0 Å². The van der Waals surface area contributed by atoms with Gasteiger partial charge < -0.3 is 4.74 Å². The van der Waals surface area contributed by atoms with Gasteiger partial charge in [0.25, 0.3) is 0 Å². The van der Waals surface area contributed by atoms with E-state index in [1.54, 1.807) is 24.3 Å². The van der Waals surface area contributed by atoms with Crippen LogP contribution in [-0.2, 0) is 19.1 Å². The highest BCUT2D eigenvalue weighted by atomic mass is 35.5. The normalized spacial score (nSPS) is 15.7. The SMILES string of the molecule is CC(=O)C1=C(c2ccc(Cl)cc2)OC(=O)CC1=O. The van der Waals surface area contributed by atoms with E-state index in [0.717, 1.165) is 0 Å². The summed E-state index contributed by atoms with van der Waals surface area (Å²) >= 11 is 5.75. The number of ketones is 2. The van der Waals surface area contributed by atoms with Gasteiger partial charge >= 0.3 is 5.97 Å². The molecule has 0 bridgehead atoms. The Morgan fingerprint density at radius 2 is 1.83 bits per heavy atom. The molecule has 1 aromatic rings. The highest BCUT2D eigenvalue weighted by Crippen LogP contribution is 2.27. The summed E-state index contributed by atoms with van der Waals surface area (Å²) in [6, 6.07) is 6.36. The summed E-state index contributed by atoms with van der Waals surface area (Å²) < 4.78 is 5.01. The van der Waals surface area contributed by atoms with Crippen LogP contribution >= 0.6 is 11.6 Å². The van der Waals surface area contributed by atoms with Crippen molar-refractivity contribution < 1.29 is 19.1 Å². The lowest BCUT2D eigenvalue weighted by atomic mass is 9.97. The van der Waals surface area contributed by atoms with Crippen LogP contribution in [0.25, 0.3) is 5.76 Å². The van der Waals surface area contributed by atoms with E-state index in [4.69, 9.17) is 16.3 Å². The molecule has 5 heteroatoms. The van der Waals surface area contributed by atoms with E-state index in [0.29, 0.717) is 10.6 Å². The van der Waals surface area contributed by atoms with Gasteiger partial charge in [0.2, 0.25) is 0 Å². The van der Waals surface area contributed by atoms with Crippen LogP contribution in [0.1, 0.15) is 18.9 Å². The lowest BCUT2D eigenvalue weighted by Gasteiger charge is -2.17. The molecule has 0 saturated heterocycles. The average molecular weight is 265 g/mol. The Kier molecular flexibility index (Phi) is 3.30. The number of carbonyl (C=O) groups is 3. The van der Waals surface area contributed by atoms with Gasteiger partial charge in [-0.05, 0) is 31.2 Å². The first-order valence-electron chi connectivity index (χ1n) is 5.24. The van der Waals surface area contributed by atoms with Crippen LogP contribution in [0.15, 0.2) is 29.8 Å². The van der Waals surface area contributed by atoms with Crippen molar-refractivity contribution in [1.82, 2.24) is 0 Å². The van der Waals surface area contributed by atoms with Gasteiger partial charge in [-0.2, -0.15) is 0 Å². The second kappa shape index (κ2) is 4.74. The number of cyclic esters (lactones) is 1. The van der Waals surface area contributed by atoms with Gasteiger partial charge in [-0.3, -0.25) is 14.4 Å². The summed E-state index contributed by atoms with van der Waals surface area (Å²) in [5, 5.41) is 0.511. The number of benzene rings is 1. The number of ether oxygens (including phenoxy) is 1. The summed E-state index contributed by atoms with van der Waals surface area (Å²) in [7, 11) is 0. The molecule has 0 spiro atoms. The van der Waals surface area contributed by atoms with Crippen molar-refractivity contribution in [3.05, 3.63) is 40.4 Å². The van der Waals surface area contributed by atoms with Crippen LogP contribution in [0, 0.1) is 0 Å². The van der Waals surface area contributed by atoms with Crippen LogP contribution in [0.5, 0.6) is 0 Å². The Bertz CT molecular complexity index is 569. The zero-order valence-electron chi connectivity index (χ0n) is 9.53. The van der Waals surface area contributed by atoms with E-state index in [2.05, 4.69) is 0 Å². The monoisotopic (exact) mass is 264 g/mol. The van der Waals surface area contributed by atoms with Crippen LogP contribution in [0.3, 0.4) is 0 Å². The van der Waals surface area contributed by atoms with E-state index in [9.17, 15) is 14.4 Å². The number of halogens is 1. The summed E-state index contributed by atoms with van der Waals surface area (Å²) in [6.45, 7) is 1.27. The number of allylic oxidation sites excluding steroid dienone is 1. The molecule has 0 saturated carbocycles. The number of rotatable bonds is 2. The van der Waals surface area contributed by atoms with Crippen molar-refractivity contribution >= 4 is 34.9 Å². The Morgan fingerprint density at radius 1 is 1.22 bits per heavy atom. The molecular weight excluding hydrogens is 256 g/mol. The lowest BCUT2D eigenvalue weighted by Crippen LogP contribution is -2.24. The number of hydrogen-bond donors (Lipinski definition) is 0. The van der Waals surface area contributed by atoms with Crippen molar-refractivity contribution in [1.29, 1.82) is 0 Å². The molecule has 92 valence electrons. The maximum Gasteiger partial charge on any atom is 0.319 e. The summed E-state index contributed by atoms with van der Waals surface area (Å²) in [5.41, 5.74) is 0.405. The number of carbonyl (C=O) groups excluding carboxylic acids is 3. The predicted molar refractivity (Wildman–Crippen MR) is 64.8 cm³/mol. The zero-order chi connectivity index (χ0) is 13.3. The zero-order valence-corrected chi connectivity index (χ0v) is 10.3. The van der Waals surface area contributed by atoms with E-state index in [1.165, 1.54) is 6.92 Å². The quantitative estimate of drug-likeness (QED) is 0.467. The summed E-state index contributed by atoms with van der Waals surface area (Å²) in [5.74, 6) is -1.57. The smallest absolute Gasteiger partial charge is 0.319 e. The van der Waals surface area contributed by atoms with Crippen LogP contribution in [0.4, 0.5) is 0 Å². The second-order valence-electron chi connectivity index (χ2n) is 3.84. The van der Waals surface area contributed by atoms with Crippen molar-refractivity contribution in [3.63, 3.8) is 0 Å². The predicted octanol–water partition coefficient (Wildman–Crippen LogP) is 2.16. The molecule has 0 amide bonds. The minimum Gasteiger partial charge on any atom is -0.425 e. The van der Waals surface area contributed by atoms with Crippen molar-refractivity contribution in [2.45, 2.75) is 13.3 Å². The molecular formula is C13H9ClO4. The van der Waals surface area contributed by atoms with Crippen LogP contribution in [-0.4, -0.2) is 17.5 Å². The molecule has 0 radical (unpaired) electrons. The van der Waals surface area contributed by atoms with Crippen molar-refractivity contribution in [2.24, 2.45) is 0 Å². The second-order valence-corrected chi connectivity index (χ2v) is 4.28. The highest BCUT2D eigenvalue weighted by molar-refractivity contribution is 6.31. The molecule has 2 rings (SSSR count). The van der Waals surface area contributed by atoms with Gasteiger partial charge in [-0.15, -0.1) is 0 Å².